The first-order valence-corrected chi connectivity index (χ1v) is 6.75. The van der Waals surface area contributed by atoms with Gasteiger partial charge in [-0.15, -0.1) is 0 Å². The van der Waals surface area contributed by atoms with Crippen molar-refractivity contribution in [2.24, 2.45) is 11.3 Å². The highest BCUT2D eigenvalue weighted by molar-refractivity contribution is 5.83. The van der Waals surface area contributed by atoms with Crippen LogP contribution < -0.4 is 0 Å². The molecule has 0 saturated heterocycles. The lowest BCUT2D eigenvalue weighted by Gasteiger charge is -2.31. The first kappa shape index (κ1) is 15.0. The normalized spacial score (nSPS) is 17.2. The molecule has 4 heteroatoms. The summed E-state index contributed by atoms with van der Waals surface area (Å²) < 4.78 is 4.99. The Kier molecular flexibility index (Phi) is 4.77. The van der Waals surface area contributed by atoms with Crippen LogP contribution in [0.15, 0.2) is 0 Å². The van der Waals surface area contributed by atoms with Gasteiger partial charge in [0.15, 0.2) is 0 Å². The molecule has 0 heterocycles. The maximum Gasteiger partial charge on any atom is 0.310 e. The molecule has 1 saturated carbocycles. The average Bonchev–Trinajstić information content (AvgIpc) is 3.07. The predicted octanol–water partition coefficient (Wildman–Crippen LogP) is 2.22. The number of esters is 1. The van der Waals surface area contributed by atoms with Gasteiger partial charge in [-0.2, -0.15) is 0 Å². The highest BCUT2D eigenvalue weighted by atomic mass is 16.5. The number of carbonyl (C=O) groups is 2. The maximum absolute atomic E-state index is 12.3. The molecule has 1 unspecified atom stereocenters. The first-order valence-electron chi connectivity index (χ1n) is 6.75. The van der Waals surface area contributed by atoms with Crippen LogP contribution in [0.25, 0.3) is 0 Å². The van der Waals surface area contributed by atoms with E-state index in [2.05, 4.69) is 0 Å². The van der Waals surface area contributed by atoms with Crippen LogP contribution in [0.3, 0.4) is 0 Å². The molecule has 18 heavy (non-hydrogen) atoms. The molecule has 0 bridgehead atoms. The second kappa shape index (κ2) is 5.72. The van der Waals surface area contributed by atoms with Crippen LogP contribution in [-0.2, 0) is 14.3 Å². The molecule has 0 aromatic rings. The van der Waals surface area contributed by atoms with Crippen LogP contribution in [0.1, 0.15) is 47.5 Å². The molecule has 0 aliphatic heterocycles. The Hall–Kier alpha value is -1.06. The quantitative estimate of drug-likeness (QED) is 0.708. The van der Waals surface area contributed by atoms with Gasteiger partial charge in [-0.3, -0.25) is 9.59 Å². The molecule has 1 rings (SSSR count). The molecule has 1 aliphatic carbocycles. The van der Waals surface area contributed by atoms with Gasteiger partial charge in [0.05, 0.1) is 12.5 Å². The van der Waals surface area contributed by atoms with Crippen LogP contribution in [0.2, 0.25) is 0 Å². The van der Waals surface area contributed by atoms with Gasteiger partial charge in [0.1, 0.15) is 0 Å². The minimum Gasteiger partial charge on any atom is -0.466 e. The predicted molar refractivity (Wildman–Crippen MR) is 70.0 cm³/mol. The third-order valence-corrected chi connectivity index (χ3v) is 3.05. The number of nitrogens with zero attached hydrogens (tertiary/aromatic N) is 1. The van der Waals surface area contributed by atoms with Crippen molar-refractivity contribution in [3.8, 4) is 0 Å². The van der Waals surface area contributed by atoms with Gasteiger partial charge in [-0.25, -0.2) is 0 Å². The van der Waals surface area contributed by atoms with E-state index in [1.165, 1.54) is 0 Å². The van der Waals surface area contributed by atoms with Crippen molar-refractivity contribution in [2.45, 2.75) is 53.5 Å². The molecule has 1 atom stereocenters. The van der Waals surface area contributed by atoms with E-state index in [1.54, 1.807) is 6.92 Å². The van der Waals surface area contributed by atoms with Crippen molar-refractivity contribution in [1.29, 1.82) is 0 Å². The second-order valence-corrected chi connectivity index (χ2v) is 6.09. The molecule has 0 N–H and O–H groups in total. The highest BCUT2D eigenvalue weighted by Crippen LogP contribution is 2.31. The van der Waals surface area contributed by atoms with Crippen molar-refractivity contribution >= 4 is 11.9 Å². The van der Waals surface area contributed by atoms with E-state index in [0.29, 0.717) is 19.2 Å². The van der Waals surface area contributed by atoms with Crippen LogP contribution in [0.4, 0.5) is 0 Å². The Bertz CT molecular complexity index is 315. The Morgan fingerprint density at radius 2 is 1.89 bits per heavy atom. The van der Waals surface area contributed by atoms with Crippen LogP contribution >= 0.6 is 0 Å². The fourth-order valence-corrected chi connectivity index (χ4v) is 1.87. The average molecular weight is 255 g/mol. The fourth-order valence-electron chi connectivity index (χ4n) is 1.87. The topological polar surface area (TPSA) is 46.6 Å². The molecule has 0 aromatic carbocycles. The number of carbonyl (C=O) groups excluding carboxylic acids is 2. The molecule has 0 radical (unpaired) electrons. The Labute approximate surface area is 110 Å². The Morgan fingerprint density at radius 1 is 1.33 bits per heavy atom. The number of hydrogen-bond donors (Lipinski definition) is 0. The van der Waals surface area contributed by atoms with E-state index in [1.807, 2.05) is 32.6 Å². The lowest BCUT2D eigenvalue weighted by atomic mass is 9.94. The summed E-state index contributed by atoms with van der Waals surface area (Å²) in [6.07, 6.45) is 2.11. The van der Waals surface area contributed by atoms with Crippen molar-refractivity contribution in [3.05, 3.63) is 0 Å². The molecule has 1 fully saturated rings. The summed E-state index contributed by atoms with van der Waals surface area (Å²) in [5, 5.41) is 0. The second-order valence-electron chi connectivity index (χ2n) is 6.09. The fraction of sp³-hybridized carbons (Fsp3) is 0.857. The molecular formula is C14H25NO3. The zero-order valence-corrected chi connectivity index (χ0v) is 12.2. The summed E-state index contributed by atoms with van der Waals surface area (Å²) in [7, 11) is 0. The van der Waals surface area contributed by atoms with Gasteiger partial charge in [0.25, 0.3) is 0 Å². The lowest BCUT2D eigenvalue weighted by molar-refractivity contribution is -0.150. The largest absolute Gasteiger partial charge is 0.466 e. The zero-order chi connectivity index (χ0) is 13.9. The van der Waals surface area contributed by atoms with E-state index in [9.17, 15) is 9.59 Å². The summed E-state index contributed by atoms with van der Waals surface area (Å²) in [5.41, 5.74) is -0.392. The maximum atomic E-state index is 12.3. The molecule has 1 aliphatic rings. The summed E-state index contributed by atoms with van der Waals surface area (Å²) in [6, 6.07) is 0.327. The van der Waals surface area contributed by atoms with Crippen LogP contribution in [0.5, 0.6) is 0 Å². The van der Waals surface area contributed by atoms with Crippen LogP contribution in [0, 0.1) is 11.3 Å². The molecule has 4 nitrogen and oxygen atoms in total. The molecular weight excluding hydrogens is 230 g/mol. The van der Waals surface area contributed by atoms with Gasteiger partial charge < -0.3 is 9.64 Å². The van der Waals surface area contributed by atoms with Crippen molar-refractivity contribution in [1.82, 2.24) is 4.90 Å². The SMILES string of the molecule is CCOC(=O)C(C)CN(C(=O)C(C)(C)C)C1CC1. The molecule has 1 amide bonds. The van der Waals surface area contributed by atoms with E-state index in [0.717, 1.165) is 12.8 Å². The van der Waals surface area contributed by atoms with Crippen molar-refractivity contribution in [3.63, 3.8) is 0 Å². The van der Waals surface area contributed by atoms with E-state index in [-0.39, 0.29) is 17.8 Å². The monoisotopic (exact) mass is 255 g/mol. The third kappa shape index (κ3) is 4.00. The molecule has 104 valence electrons. The van der Waals surface area contributed by atoms with Crippen molar-refractivity contribution < 1.29 is 14.3 Å². The summed E-state index contributed by atoms with van der Waals surface area (Å²) >= 11 is 0. The van der Waals surface area contributed by atoms with Gasteiger partial charge in [0.2, 0.25) is 5.91 Å². The number of ether oxygens (including phenoxy) is 1. The summed E-state index contributed by atoms with van der Waals surface area (Å²) in [5.74, 6) is -0.345. The molecule has 0 spiro atoms. The van der Waals surface area contributed by atoms with Gasteiger partial charge in [-0.05, 0) is 19.8 Å². The molecule has 0 aromatic heterocycles. The summed E-state index contributed by atoms with van der Waals surface area (Å²) in [4.78, 5) is 25.8. The van der Waals surface area contributed by atoms with E-state index >= 15 is 0 Å². The van der Waals surface area contributed by atoms with Crippen molar-refractivity contribution in [2.75, 3.05) is 13.2 Å². The minimum absolute atomic E-state index is 0.126. The number of rotatable bonds is 5. The third-order valence-electron chi connectivity index (χ3n) is 3.05. The Balaban J connectivity index is 2.64. The summed E-state index contributed by atoms with van der Waals surface area (Å²) in [6.45, 7) is 10.2. The highest BCUT2D eigenvalue weighted by Gasteiger charge is 2.38. The van der Waals surface area contributed by atoms with Gasteiger partial charge in [-0.1, -0.05) is 27.7 Å². The first-order chi connectivity index (χ1) is 8.27. The van der Waals surface area contributed by atoms with Gasteiger partial charge in [0, 0.05) is 18.0 Å². The lowest BCUT2D eigenvalue weighted by Crippen LogP contribution is -2.44. The minimum atomic E-state index is -0.392. The van der Waals surface area contributed by atoms with E-state index in [4.69, 9.17) is 4.74 Å². The van der Waals surface area contributed by atoms with Crippen LogP contribution in [-0.4, -0.2) is 36.0 Å². The standard InChI is InChI=1S/C14H25NO3/c1-6-18-12(16)10(2)9-15(11-7-8-11)13(17)14(3,4)5/h10-11H,6-9H2,1-5H3. The van der Waals surface area contributed by atoms with Gasteiger partial charge >= 0.3 is 5.97 Å². The zero-order valence-electron chi connectivity index (χ0n) is 12.2. The number of hydrogen-bond acceptors (Lipinski definition) is 3. The Morgan fingerprint density at radius 3 is 2.28 bits per heavy atom. The smallest absolute Gasteiger partial charge is 0.310 e. The number of amides is 1. The van der Waals surface area contributed by atoms with E-state index < -0.39 is 5.41 Å².